The van der Waals surface area contributed by atoms with Gasteiger partial charge in [0, 0.05) is 24.7 Å². The molecule has 1 aliphatic carbocycles. The summed E-state index contributed by atoms with van der Waals surface area (Å²) in [6, 6.07) is 0. The Bertz CT molecular complexity index is 424. The Morgan fingerprint density at radius 1 is 1.43 bits per heavy atom. The molecule has 1 N–H and O–H groups in total. The van der Waals surface area contributed by atoms with Crippen molar-refractivity contribution in [2.75, 3.05) is 7.11 Å². The van der Waals surface area contributed by atoms with E-state index in [4.69, 9.17) is 0 Å². The number of ketones is 1. The van der Waals surface area contributed by atoms with Gasteiger partial charge in [-0.1, -0.05) is 18.2 Å². The van der Waals surface area contributed by atoms with Crippen LogP contribution in [0.5, 0.6) is 0 Å². The van der Waals surface area contributed by atoms with Crippen LogP contribution in [0.25, 0.3) is 0 Å². The summed E-state index contributed by atoms with van der Waals surface area (Å²) >= 11 is 0. The molecule has 0 heterocycles. The first-order valence-corrected chi connectivity index (χ1v) is 7.14. The number of aliphatic hydroxyl groups excluding tert-OH is 1. The van der Waals surface area contributed by atoms with E-state index in [0.717, 1.165) is 6.42 Å². The van der Waals surface area contributed by atoms with Crippen molar-refractivity contribution in [3.63, 3.8) is 0 Å². The summed E-state index contributed by atoms with van der Waals surface area (Å²) in [7, 11) is 1.36. The van der Waals surface area contributed by atoms with Gasteiger partial charge in [0.15, 0.2) is 0 Å². The number of unbranched alkanes of at least 4 members (excludes halogenated alkanes) is 1. The van der Waals surface area contributed by atoms with Crippen molar-refractivity contribution < 1.29 is 24.2 Å². The van der Waals surface area contributed by atoms with Gasteiger partial charge in [-0.25, -0.2) is 0 Å². The van der Waals surface area contributed by atoms with Gasteiger partial charge in [-0.05, 0) is 25.3 Å². The summed E-state index contributed by atoms with van der Waals surface area (Å²) in [5, 5.41) is 9.82. The zero-order valence-electron chi connectivity index (χ0n) is 12.2. The molecule has 0 aromatic heterocycles. The second kappa shape index (κ2) is 9.23. The van der Waals surface area contributed by atoms with Gasteiger partial charge in [-0.15, -0.1) is 0 Å². The summed E-state index contributed by atoms with van der Waals surface area (Å²) in [6.07, 6.45) is 9.25. The molecule has 0 unspecified atom stereocenters. The van der Waals surface area contributed by atoms with Crippen LogP contribution in [-0.2, 0) is 19.1 Å². The summed E-state index contributed by atoms with van der Waals surface area (Å²) in [4.78, 5) is 33.1. The van der Waals surface area contributed by atoms with Crippen molar-refractivity contribution in [2.45, 2.75) is 38.2 Å². The molecule has 116 valence electrons. The third-order valence-electron chi connectivity index (χ3n) is 3.68. The Morgan fingerprint density at radius 2 is 2.19 bits per heavy atom. The molecular weight excluding hydrogens is 272 g/mol. The fourth-order valence-electron chi connectivity index (χ4n) is 2.53. The standard InChI is InChI=1S/C16H22O5/c1-21-16(20)9-5-3-2-4-7-12-13(8-6-10-17)15(19)11-14(12)18/h2,4,6,8,10,12-13,15,19H,3,5,7,9,11H2,1H3/t12-,13-,15-/m1/s1. The van der Waals surface area contributed by atoms with E-state index in [1.165, 1.54) is 13.2 Å². The summed E-state index contributed by atoms with van der Waals surface area (Å²) in [5.41, 5.74) is 0. The zero-order chi connectivity index (χ0) is 15.7. The first kappa shape index (κ1) is 17.3. The highest BCUT2D eigenvalue weighted by Gasteiger charge is 2.38. The summed E-state index contributed by atoms with van der Waals surface area (Å²) < 4.78 is 4.54. The fourth-order valence-corrected chi connectivity index (χ4v) is 2.53. The second-order valence-electron chi connectivity index (χ2n) is 5.12. The number of aliphatic hydroxyl groups is 1. The largest absolute Gasteiger partial charge is 0.469 e. The maximum atomic E-state index is 11.8. The molecule has 1 fully saturated rings. The molecule has 0 aromatic rings. The van der Waals surface area contributed by atoms with E-state index < -0.39 is 6.10 Å². The number of hydrogen-bond acceptors (Lipinski definition) is 5. The van der Waals surface area contributed by atoms with Crippen LogP contribution in [0.15, 0.2) is 24.3 Å². The lowest BCUT2D eigenvalue weighted by atomic mass is 9.90. The lowest BCUT2D eigenvalue weighted by molar-refractivity contribution is -0.140. The molecule has 0 aromatic carbocycles. The number of ether oxygens (including phenoxy) is 1. The van der Waals surface area contributed by atoms with E-state index in [1.807, 2.05) is 12.2 Å². The van der Waals surface area contributed by atoms with Gasteiger partial charge in [0.25, 0.3) is 0 Å². The molecule has 0 aliphatic heterocycles. The number of carbonyl (C=O) groups excluding carboxylic acids is 3. The maximum Gasteiger partial charge on any atom is 0.305 e. The van der Waals surface area contributed by atoms with Gasteiger partial charge in [0.2, 0.25) is 0 Å². The third kappa shape index (κ3) is 5.63. The predicted molar refractivity (Wildman–Crippen MR) is 77.4 cm³/mol. The Labute approximate surface area is 124 Å². The Morgan fingerprint density at radius 3 is 2.86 bits per heavy atom. The van der Waals surface area contributed by atoms with Crippen molar-refractivity contribution in [2.24, 2.45) is 11.8 Å². The number of allylic oxidation sites excluding steroid dienone is 3. The quantitative estimate of drug-likeness (QED) is 0.242. The van der Waals surface area contributed by atoms with Crippen molar-refractivity contribution >= 4 is 18.0 Å². The third-order valence-corrected chi connectivity index (χ3v) is 3.68. The van der Waals surface area contributed by atoms with Crippen LogP contribution >= 0.6 is 0 Å². The molecule has 0 spiro atoms. The summed E-state index contributed by atoms with van der Waals surface area (Å²) in [5.74, 6) is -0.755. The smallest absolute Gasteiger partial charge is 0.305 e. The van der Waals surface area contributed by atoms with Gasteiger partial charge in [-0.3, -0.25) is 14.4 Å². The maximum absolute atomic E-state index is 11.8. The van der Waals surface area contributed by atoms with Crippen LogP contribution < -0.4 is 0 Å². The molecule has 5 nitrogen and oxygen atoms in total. The van der Waals surface area contributed by atoms with Gasteiger partial charge in [0.1, 0.15) is 12.1 Å². The molecule has 21 heavy (non-hydrogen) atoms. The SMILES string of the molecule is COC(=O)CCCC=CC[C@H]1C(=O)C[C@@H](O)[C@@H]1C=CC=O. The highest BCUT2D eigenvalue weighted by Crippen LogP contribution is 2.33. The van der Waals surface area contributed by atoms with Crippen molar-refractivity contribution in [1.29, 1.82) is 0 Å². The average Bonchev–Trinajstić information content (AvgIpc) is 2.74. The van der Waals surface area contributed by atoms with Crippen LogP contribution in [0.3, 0.4) is 0 Å². The molecular formula is C16H22O5. The summed E-state index contributed by atoms with van der Waals surface area (Å²) in [6.45, 7) is 0. The van der Waals surface area contributed by atoms with Crippen molar-refractivity contribution in [1.82, 2.24) is 0 Å². The molecule has 1 aliphatic rings. The van der Waals surface area contributed by atoms with Crippen LogP contribution in [0, 0.1) is 11.8 Å². The molecule has 3 atom stereocenters. The van der Waals surface area contributed by atoms with Crippen LogP contribution in [0.1, 0.15) is 32.1 Å². The van der Waals surface area contributed by atoms with Gasteiger partial charge < -0.3 is 9.84 Å². The minimum atomic E-state index is -0.702. The van der Waals surface area contributed by atoms with Gasteiger partial charge in [0.05, 0.1) is 13.2 Å². The van der Waals surface area contributed by atoms with Crippen LogP contribution in [0.4, 0.5) is 0 Å². The van der Waals surface area contributed by atoms with E-state index in [-0.39, 0.29) is 30.0 Å². The number of Topliss-reactive ketones (excluding diaryl/α,β-unsaturated/α-hetero) is 1. The fraction of sp³-hybridized carbons (Fsp3) is 0.562. The minimum absolute atomic E-state index is 0.0299. The van der Waals surface area contributed by atoms with Crippen LogP contribution in [-0.4, -0.2) is 36.4 Å². The number of carbonyl (C=O) groups is 3. The van der Waals surface area contributed by atoms with Gasteiger partial charge in [-0.2, -0.15) is 0 Å². The number of rotatable bonds is 8. The van der Waals surface area contributed by atoms with E-state index in [2.05, 4.69) is 4.74 Å². The molecule has 5 heteroatoms. The average molecular weight is 294 g/mol. The van der Waals surface area contributed by atoms with Crippen LogP contribution in [0.2, 0.25) is 0 Å². The Hall–Kier alpha value is -1.75. The van der Waals surface area contributed by atoms with E-state index in [1.54, 1.807) is 6.08 Å². The number of methoxy groups -OCH3 is 1. The Kier molecular flexibility index (Phi) is 7.61. The van der Waals surface area contributed by atoms with E-state index in [9.17, 15) is 19.5 Å². The second-order valence-corrected chi connectivity index (χ2v) is 5.12. The monoisotopic (exact) mass is 294 g/mol. The molecule has 0 bridgehead atoms. The topological polar surface area (TPSA) is 80.7 Å². The van der Waals surface area contributed by atoms with Crippen molar-refractivity contribution in [3.8, 4) is 0 Å². The normalized spacial score (nSPS) is 25.8. The molecule has 1 rings (SSSR count). The first-order valence-electron chi connectivity index (χ1n) is 7.14. The van der Waals surface area contributed by atoms with Crippen molar-refractivity contribution in [3.05, 3.63) is 24.3 Å². The number of aldehydes is 1. The van der Waals surface area contributed by atoms with E-state index >= 15 is 0 Å². The lowest BCUT2D eigenvalue weighted by Crippen LogP contribution is -2.17. The molecule has 1 saturated carbocycles. The number of hydrogen-bond donors (Lipinski definition) is 1. The number of esters is 1. The minimum Gasteiger partial charge on any atom is -0.469 e. The van der Waals surface area contributed by atoms with Gasteiger partial charge >= 0.3 is 5.97 Å². The lowest BCUT2D eigenvalue weighted by Gasteiger charge is -2.15. The predicted octanol–water partition coefficient (Wildman–Crippen LogP) is 1.60. The molecule has 0 radical (unpaired) electrons. The first-order chi connectivity index (χ1) is 10.1. The highest BCUT2D eigenvalue weighted by molar-refractivity contribution is 5.85. The zero-order valence-corrected chi connectivity index (χ0v) is 12.2. The Balaban J connectivity index is 2.41. The van der Waals surface area contributed by atoms with E-state index in [0.29, 0.717) is 25.5 Å². The molecule has 0 saturated heterocycles. The molecule has 0 amide bonds. The highest BCUT2D eigenvalue weighted by atomic mass is 16.5.